The van der Waals surface area contributed by atoms with Gasteiger partial charge in [0.1, 0.15) is 0 Å². The first-order valence-electron chi connectivity index (χ1n) is 5.22. The second kappa shape index (κ2) is 4.10. The van der Waals surface area contributed by atoms with Crippen LogP contribution in [-0.4, -0.2) is 12.1 Å². The van der Waals surface area contributed by atoms with Crippen molar-refractivity contribution in [2.24, 2.45) is 0 Å². The number of hydrogen-bond donors (Lipinski definition) is 1. The van der Waals surface area contributed by atoms with Crippen LogP contribution in [0.25, 0.3) is 0 Å². The molecule has 0 amide bonds. The topological polar surface area (TPSA) is 26.0 Å². The number of hydrogen-bond acceptors (Lipinski definition) is 1. The Balaban J connectivity index is 3.33. The summed E-state index contributed by atoms with van der Waals surface area (Å²) in [6.07, 6.45) is -5.59. The van der Waals surface area contributed by atoms with Crippen LogP contribution in [0.1, 0.15) is 25.0 Å². The summed E-state index contributed by atoms with van der Waals surface area (Å²) in [5.41, 5.74) is 3.88. The van der Waals surface area contributed by atoms with E-state index in [-0.39, 0.29) is 5.56 Å². The van der Waals surface area contributed by atoms with Gasteiger partial charge in [-0.3, -0.25) is 0 Å². The molecule has 0 aliphatic rings. The molecule has 1 aromatic carbocycles. The standard InChI is InChI=1S/C12H14F5N/c1-7-6-8(4-5-9(7)18)10(2,3)11(13,14)12(15,16)17/h4-6H,18H2,1-3H3. The first-order chi connectivity index (χ1) is 7.91. The van der Waals surface area contributed by atoms with E-state index in [2.05, 4.69) is 0 Å². The Morgan fingerprint density at radius 3 is 1.89 bits per heavy atom. The molecule has 0 atom stereocenters. The average Bonchev–Trinajstić information content (AvgIpc) is 2.20. The predicted molar refractivity (Wildman–Crippen MR) is 59.6 cm³/mol. The molecule has 0 unspecified atom stereocenters. The van der Waals surface area contributed by atoms with Crippen LogP contribution in [0.3, 0.4) is 0 Å². The summed E-state index contributed by atoms with van der Waals surface area (Å²) < 4.78 is 64.2. The quantitative estimate of drug-likeness (QED) is 0.635. The molecule has 1 nitrogen and oxygen atoms in total. The molecular weight excluding hydrogens is 253 g/mol. The molecule has 1 rings (SSSR count). The second-order valence-corrected chi connectivity index (χ2v) is 4.77. The first-order valence-corrected chi connectivity index (χ1v) is 5.22. The van der Waals surface area contributed by atoms with E-state index in [0.717, 1.165) is 13.8 Å². The maximum absolute atomic E-state index is 13.5. The molecule has 0 aliphatic carbocycles. The van der Waals surface area contributed by atoms with Crippen LogP contribution in [0.2, 0.25) is 0 Å². The molecule has 0 aromatic heterocycles. The van der Waals surface area contributed by atoms with Crippen molar-refractivity contribution in [1.29, 1.82) is 0 Å². The zero-order chi connectivity index (χ0) is 14.4. The number of nitrogens with two attached hydrogens (primary N) is 1. The molecule has 0 fully saturated rings. The van der Waals surface area contributed by atoms with Gasteiger partial charge in [0.05, 0.1) is 5.41 Å². The SMILES string of the molecule is Cc1cc(C(C)(C)C(F)(F)C(F)(F)F)ccc1N. The van der Waals surface area contributed by atoms with E-state index in [1.54, 1.807) is 6.92 Å². The van der Waals surface area contributed by atoms with Crippen LogP contribution in [-0.2, 0) is 5.41 Å². The third-order valence-electron chi connectivity index (χ3n) is 3.13. The first kappa shape index (κ1) is 14.7. The summed E-state index contributed by atoms with van der Waals surface area (Å²) >= 11 is 0. The Hall–Kier alpha value is -1.33. The van der Waals surface area contributed by atoms with Gasteiger partial charge in [-0.05, 0) is 38.0 Å². The van der Waals surface area contributed by atoms with Gasteiger partial charge in [-0.1, -0.05) is 12.1 Å². The van der Waals surface area contributed by atoms with Crippen molar-refractivity contribution in [2.45, 2.75) is 38.3 Å². The summed E-state index contributed by atoms with van der Waals surface area (Å²) in [6, 6.07) is 3.79. The highest BCUT2D eigenvalue weighted by Gasteiger charge is 2.66. The molecule has 0 saturated carbocycles. The number of halogens is 5. The smallest absolute Gasteiger partial charge is 0.399 e. The molecule has 6 heteroatoms. The largest absolute Gasteiger partial charge is 0.454 e. The Morgan fingerprint density at radius 2 is 1.50 bits per heavy atom. The van der Waals surface area contributed by atoms with Gasteiger partial charge >= 0.3 is 12.1 Å². The summed E-state index contributed by atoms with van der Waals surface area (Å²) in [5.74, 6) is -4.82. The highest BCUT2D eigenvalue weighted by molar-refractivity contribution is 5.49. The fraction of sp³-hybridized carbons (Fsp3) is 0.500. The lowest BCUT2D eigenvalue weighted by atomic mass is 9.77. The molecule has 0 radical (unpaired) electrons. The molecule has 0 saturated heterocycles. The van der Waals surface area contributed by atoms with E-state index >= 15 is 0 Å². The van der Waals surface area contributed by atoms with Crippen molar-refractivity contribution >= 4 is 5.69 Å². The highest BCUT2D eigenvalue weighted by Crippen LogP contribution is 2.49. The van der Waals surface area contributed by atoms with Crippen LogP contribution in [0.5, 0.6) is 0 Å². The molecule has 0 bridgehead atoms. The molecule has 0 spiro atoms. The Bertz CT molecular complexity index is 448. The molecule has 1 aromatic rings. The molecule has 0 aliphatic heterocycles. The molecule has 0 heterocycles. The average molecular weight is 267 g/mol. The number of anilines is 1. The number of aryl methyl sites for hydroxylation is 1. The maximum atomic E-state index is 13.5. The fourth-order valence-corrected chi connectivity index (χ4v) is 1.60. The van der Waals surface area contributed by atoms with Crippen LogP contribution in [0, 0.1) is 6.92 Å². The minimum atomic E-state index is -5.59. The minimum Gasteiger partial charge on any atom is -0.399 e. The van der Waals surface area contributed by atoms with Crippen molar-refractivity contribution in [3.05, 3.63) is 29.3 Å². The van der Waals surface area contributed by atoms with Gasteiger partial charge in [-0.2, -0.15) is 22.0 Å². The van der Waals surface area contributed by atoms with E-state index in [0.29, 0.717) is 11.3 Å². The van der Waals surface area contributed by atoms with Gasteiger partial charge in [-0.25, -0.2) is 0 Å². The van der Waals surface area contributed by atoms with E-state index < -0.39 is 17.5 Å². The molecular formula is C12H14F5N. The lowest BCUT2D eigenvalue weighted by Gasteiger charge is -2.35. The van der Waals surface area contributed by atoms with Crippen molar-refractivity contribution in [2.75, 3.05) is 5.73 Å². The summed E-state index contributed by atoms with van der Waals surface area (Å²) in [7, 11) is 0. The lowest BCUT2D eigenvalue weighted by Crippen LogP contribution is -2.51. The van der Waals surface area contributed by atoms with Crippen LogP contribution in [0.4, 0.5) is 27.6 Å². The van der Waals surface area contributed by atoms with Gasteiger partial charge in [0, 0.05) is 5.69 Å². The maximum Gasteiger partial charge on any atom is 0.454 e. The zero-order valence-electron chi connectivity index (χ0n) is 10.2. The summed E-state index contributed by atoms with van der Waals surface area (Å²) in [5, 5.41) is 0. The normalized spacial score (nSPS) is 13.8. The van der Waals surface area contributed by atoms with Crippen molar-refractivity contribution in [3.8, 4) is 0 Å². The van der Waals surface area contributed by atoms with Gasteiger partial charge in [-0.15, -0.1) is 0 Å². The predicted octanol–water partition coefficient (Wildman–Crippen LogP) is 4.05. The second-order valence-electron chi connectivity index (χ2n) is 4.77. The van der Waals surface area contributed by atoms with E-state index in [9.17, 15) is 22.0 Å². The third kappa shape index (κ3) is 2.15. The summed E-state index contributed by atoms with van der Waals surface area (Å²) in [4.78, 5) is 0. The van der Waals surface area contributed by atoms with Crippen molar-refractivity contribution < 1.29 is 22.0 Å². The molecule has 2 N–H and O–H groups in total. The molecule has 18 heavy (non-hydrogen) atoms. The Labute approximate surface area is 102 Å². The fourth-order valence-electron chi connectivity index (χ4n) is 1.60. The summed E-state index contributed by atoms with van der Waals surface area (Å²) in [6.45, 7) is 3.29. The number of benzene rings is 1. The third-order valence-corrected chi connectivity index (χ3v) is 3.13. The van der Waals surface area contributed by atoms with Crippen molar-refractivity contribution in [1.82, 2.24) is 0 Å². The van der Waals surface area contributed by atoms with Crippen LogP contribution < -0.4 is 5.73 Å². The van der Waals surface area contributed by atoms with Gasteiger partial charge < -0.3 is 5.73 Å². The monoisotopic (exact) mass is 267 g/mol. The van der Waals surface area contributed by atoms with E-state index in [4.69, 9.17) is 5.73 Å². The lowest BCUT2D eigenvalue weighted by molar-refractivity contribution is -0.305. The zero-order valence-corrected chi connectivity index (χ0v) is 10.2. The number of alkyl halides is 5. The molecule has 102 valence electrons. The number of nitrogen functional groups attached to an aromatic ring is 1. The van der Waals surface area contributed by atoms with E-state index in [1.165, 1.54) is 18.2 Å². The van der Waals surface area contributed by atoms with Gasteiger partial charge in [0.25, 0.3) is 0 Å². The Morgan fingerprint density at radius 1 is 1.00 bits per heavy atom. The van der Waals surface area contributed by atoms with Gasteiger partial charge in [0.15, 0.2) is 0 Å². The Kier molecular flexibility index (Phi) is 3.36. The van der Waals surface area contributed by atoms with E-state index in [1.807, 2.05) is 0 Å². The minimum absolute atomic E-state index is 0.100. The van der Waals surface area contributed by atoms with Crippen molar-refractivity contribution in [3.63, 3.8) is 0 Å². The van der Waals surface area contributed by atoms with Gasteiger partial charge in [0.2, 0.25) is 0 Å². The van der Waals surface area contributed by atoms with Crippen LogP contribution >= 0.6 is 0 Å². The highest BCUT2D eigenvalue weighted by atomic mass is 19.4. The number of rotatable bonds is 2. The van der Waals surface area contributed by atoms with Crippen LogP contribution in [0.15, 0.2) is 18.2 Å².